The Hall–Kier alpha value is -2.84. The molecule has 1 saturated heterocycles. The number of nitrogens with zero attached hydrogens (tertiary/aromatic N) is 4. The lowest BCUT2D eigenvalue weighted by atomic mass is 10.2. The molecule has 1 aliphatic heterocycles. The third-order valence-corrected chi connectivity index (χ3v) is 6.24. The molecule has 0 bridgehead atoms. The zero-order valence-corrected chi connectivity index (χ0v) is 18.4. The number of carbonyl (C=O) groups excluding carboxylic acids is 1. The fourth-order valence-corrected chi connectivity index (χ4v) is 4.32. The highest BCUT2D eigenvalue weighted by atomic mass is 32.2. The van der Waals surface area contributed by atoms with Gasteiger partial charge in [-0.2, -0.15) is 4.98 Å². The van der Waals surface area contributed by atoms with Gasteiger partial charge in [0.1, 0.15) is 5.75 Å². The van der Waals surface area contributed by atoms with Crippen LogP contribution in [0, 0.1) is 0 Å². The van der Waals surface area contributed by atoms with Crippen LogP contribution in [0.5, 0.6) is 5.75 Å². The van der Waals surface area contributed by atoms with Crippen molar-refractivity contribution in [1.29, 1.82) is 0 Å². The molecular formula is C23H26N4O3S. The van der Waals surface area contributed by atoms with Gasteiger partial charge in [-0.05, 0) is 36.4 Å². The Kier molecular flexibility index (Phi) is 7.22. The van der Waals surface area contributed by atoms with Gasteiger partial charge in [0.2, 0.25) is 17.6 Å². The number of piperazine rings is 1. The van der Waals surface area contributed by atoms with Gasteiger partial charge < -0.3 is 14.2 Å². The number of benzene rings is 2. The predicted octanol–water partition coefficient (Wildman–Crippen LogP) is 3.57. The first kappa shape index (κ1) is 21.4. The molecule has 0 atom stereocenters. The van der Waals surface area contributed by atoms with Gasteiger partial charge in [-0.15, -0.1) is 11.8 Å². The van der Waals surface area contributed by atoms with E-state index in [-0.39, 0.29) is 5.91 Å². The molecule has 0 aliphatic carbocycles. The van der Waals surface area contributed by atoms with E-state index >= 15 is 0 Å². The standard InChI is InChI=1S/C23H26N4O3S/c1-29-19-9-7-18(8-10-19)23-24-21(30-25-23)17-26-12-14-27(15-13-26)22(28)11-16-31-20-5-3-2-4-6-20/h2-10H,11-17H2,1H3. The lowest BCUT2D eigenvalue weighted by molar-refractivity contribution is -0.132. The Labute approximate surface area is 186 Å². The molecule has 4 rings (SSSR count). The summed E-state index contributed by atoms with van der Waals surface area (Å²) in [4.78, 5) is 22.4. The van der Waals surface area contributed by atoms with Gasteiger partial charge in [0.25, 0.3) is 0 Å². The normalized spacial score (nSPS) is 14.5. The Morgan fingerprint density at radius 3 is 2.52 bits per heavy atom. The number of hydrogen-bond donors (Lipinski definition) is 0. The van der Waals surface area contributed by atoms with Crippen LogP contribution in [0.25, 0.3) is 11.4 Å². The summed E-state index contributed by atoms with van der Waals surface area (Å²) in [5, 5.41) is 4.09. The van der Waals surface area contributed by atoms with Crippen LogP contribution in [0.4, 0.5) is 0 Å². The molecule has 8 heteroatoms. The summed E-state index contributed by atoms with van der Waals surface area (Å²) in [6.45, 7) is 3.66. The Balaban J connectivity index is 1.21. The van der Waals surface area contributed by atoms with E-state index in [1.807, 2.05) is 47.4 Å². The quantitative estimate of drug-likeness (QED) is 0.498. The van der Waals surface area contributed by atoms with Crippen molar-refractivity contribution in [3.05, 3.63) is 60.5 Å². The molecule has 1 amide bonds. The van der Waals surface area contributed by atoms with Crippen LogP contribution in [-0.4, -0.2) is 64.9 Å². The molecule has 1 aromatic heterocycles. The average Bonchev–Trinajstić information content (AvgIpc) is 3.29. The highest BCUT2D eigenvalue weighted by Crippen LogP contribution is 2.21. The fraction of sp³-hybridized carbons (Fsp3) is 0.348. The Morgan fingerprint density at radius 2 is 1.81 bits per heavy atom. The number of methoxy groups -OCH3 is 1. The first-order valence-electron chi connectivity index (χ1n) is 10.4. The molecule has 2 heterocycles. The van der Waals surface area contributed by atoms with Gasteiger partial charge in [-0.25, -0.2) is 0 Å². The zero-order chi connectivity index (χ0) is 21.5. The smallest absolute Gasteiger partial charge is 0.241 e. The van der Waals surface area contributed by atoms with Gasteiger partial charge in [0.15, 0.2) is 0 Å². The number of aromatic nitrogens is 2. The van der Waals surface area contributed by atoms with E-state index in [9.17, 15) is 4.79 Å². The van der Waals surface area contributed by atoms with Gasteiger partial charge in [0.05, 0.1) is 13.7 Å². The number of carbonyl (C=O) groups is 1. The molecule has 31 heavy (non-hydrogen) atoms. The molecule has 0 radical (unpaired) electrons. The molecule has 0 unspecified atom stereocenters. The van der Waals surface area contributed by atoms with Crippen LogP contribution in [0.1, 0.15) is 12.3 Å². The van der Waals surface area contributed by atoms with Crippen molar-refractivity contribution in [3.8, 4) is 17.1 Å². The van der Waals surface area contributed by atoms with Gasteiger partial charge in [-0.1, -0.05) is 23.4 Å². The maximum Gasteiger partial charge on any atom is 0.241 e. The largest absolute Gasteiger partial charge is 0.497 e. The monoisotopic (exact) mass is 438 g/mol. The third-order valence-electron chi connectivity index (χ3n) is 5.23. The van der Waals surface area contributed by atoms with Crippen LogP contribution in [-0.2, 0) is 11.3 Å². The first-order chi connectivity index (χ1) is 15.2. The maximum absolute atomic E-state index is 12.5. The zero-order valence-electron chi connectivity index (χ0n) is 17.6. The maximum atomic E-state index is 12.5. The van der Waals surface area contributed by atoms with E-state index < -0.39 is 0 Å². The summed E-state index contributed by atoms with van der Waals surface area (Å²) in [5.74, 6) is 2.98. The Bertz CT molecular complexity index is 970. The lowest BCUT2D eigenvalue weighted by Gasteiger charge is -2.34. The molecule has 0 N–H and O–H groups in total. The molecule has 0 spiro atoms. The molecule has 2 aromatic carbocycles. The summed E-state index contributed by atoms with van der Waals surface area (Å²) < 4.78 is 10.6. The SMILES string of the molecule is COc1ccc(-c2noc(CN3CCN(C(=O)CCSc4ccccc4)CC3)n2)cc1. The van der Waals surface area contributed by atoms with Crippen molar-refractivity contribution in [1.82, 2.24) is 19.9 Å². The van der Waals surface area contributed by atoms with E-state index in [0.717, 1.165) is 43.2 Å². The van der Waals surface area contributed by atoms with Crippen LogP contribution in [0.2, 0.25) is 0 Å². The van der Waals surface area contributed by atoms with Crippen molar-refractivity contribution in [2.24, 2.45) is 0 Å². The molecular weight excluding hydrogens is 412 g/mol. The van der Waals surface area contributed by atoms with E-state index in [0.29, 0.717) is 24.7 Å². The lowest BCUT2D eigenvalue weighted by Crippen LogP contribution is -2.48. The van der Waals surface area contributed by atoms with Crippen LogP contribution >= 0.6 is 11.8 Å². The second kappa shape index (κ2) is 10.5. The Morgan fingerprint density at radius 1 is 1.06 bits per heavy atom. The minimum atomic E-state index is 0.225. The predicted molar refractivity (Wildman–Crippen MR) is 120 cm³/mol. The van der Waals surface area contributed by atoms with Gasteiger partial charge in [-0.3, -0.25) is 9.69 Å². The minimum absolute atomic E-state index is 0.225. The summed E-state index contributed by atoms with van der Waals surface area (Å²) in [5.41, 5.74) is 0.889. The summed E-state index contributed by atoms with van der Waals surface area (Å²) >= 11 is 1.73. The summed E-state index contributed by atoms with van der Waals surface area (Å²) in [6, 6.07) is 17.8. The number of thioether (sulfide) groups is 1. The van der Waals surface area contributed by atoms with Crippen LogP contribution in [0.3, 0.4) is 0 Å². The van der Waals surface area contributed by atoms with Crippen LogP contribution < -0.4 is 4.74 Å². The van der Waals surface area contributed by atoms with Crippen molar-refractivity contribution >= 4 is 17.7 Å². The highest BCUT2D eigenvalue weighted by molar-refractivity contribution is 7.99. The summed E-state index contributed by atoms with van der Waals surface area (Å²) in [6.07, 6.45) is 0.564. The van der Waals surface area contributed by atoms with Gasteiger partial charge in [0, 0.05) is 48.8 Å². The van der Waals surface area contributed by atoms with Crippen LogP contribution in [0.15, 0.2) is 64.0 Å². The van der Waals surface area contributed by atoms with Crippen molar-refractivity contribution in [3.63, 3.8) is 0 Å². The molecule has 1 aliphatic rings. The molecule has 162 valence electrons. The minimum Gasteiger partial charge on any atom is -0.497 e. The van der Waals surface area contributed by atoms with Crippen molar-refractivity contribution < 1.29 is 14.1 Å². The van der Waals surface area contributed by atoms with Gasteiger partial charge >= 0.3 is 0 Å². The highest BCUT2D eigenvalue weighted by Gasteiger charge is 2.22. The molecule has 7 nitrogen and oxygen atoms in total. The van der Waals surface area contributed by atoms with E-state index in [4.69, 9.17) is 9.26 Å². The third kappa shape index (κ3) is 5.86. The van der Waals surface area contributed by atoms with E-state index in [2.05, 4.69) is 27.2 Å². The second-order valence-corrected chi connectivity index (χ2v) is 8.48. The molecule has 0 saturated carbocycles. The van der Waals surface area contributed by atoms with Crippen molar-refractivity contribution in [2.45, 2.75) is 17.9 Å². The second-order valence-electron chi connectivity index (χ2n) is 7.31. The summed E-state index contributed by atoms with van der Waals surface area (Å²) in [7, 11) is 1.64. The number of hydrogen-bond acceptors (Lipinski definition) is 7. The fourth-order valence-electron chi connectivity index (χ4n) is 3.45. The average molecular weight is 439 g/mol. The first-order valence-corrected chi connectivity index (χ1v) is 11.3. The number of amides is 1. The molecule has 1 fully saturated rings. The number of ether oxygens (including phenoxy) is 1. The van der Waals surface area contributed by atoms with E-state index in [1.54, 1.807) is 18.9 Å². The van der Waals surface area contributed by atoms with E-state index in [1.165, 1.54) is 4.90 Å². The van der Waals surface area contributed by atoms with Crippen molar-refractivity contribution in [2.75, 3.05) is 39.0 Å². The molecule has 3 aromatic rings. The topological polar surface area (TPSA) is 71.7 Å². The number of rotatable bonds is 8.